The molecule has 8 nitrogen and oxygen atoms in total. The van der Waals surface area contributed by atoms with Crippen molar-refractivity contribution in [3.63, 3.8) is 0 Å². The van der Waals surface area contributed by atoms with Crippen molar-refractivity contribution in [2.24, 2.45) is 0 Å². The van der Waals surface area contributed by atoms with Gasteiger partial charge in [0.05, 0.1) is 12.9 Å². The van der Waals surface area contributed by atoms with Gasteiger partial charge in [0.2, 0.25) is 0 Å². The Morgan fingerprint density at radius 3 is 2.41 bits per heavy atom. The van der Waals surface area contributed by atoms with E-state index < -0.39 is 0 Å². The molecule has 5 rings (SSSR count). The van der Waals surface area contributed by atoms with Crippen molar-refractivity contribution in [2.45, 2.75) is 57.0 Å². The van der Waals surface area contributed by atoms with Gasteiger partial charge in [-0.1, -0.05) is 0 Å². The number of urea groups is 1. The lowest BCUT2D eigenvalue weighted by atomic mass is 9.96. The second kappa shape index (κ2) is 6.98. The first-order chi connectivity index (χ1) is 13.3. The molecule has 0 bridgehead atoms. The van der Waals surface area contributed by atoms with E-state index in [9.17, 15) is 4.79 Å². The molecule has 144 valence electrons. The standard InChI is InChI=1S/C19H27N7O/c27-19(24-8-1-2-9-24)25-10-5-15(6-11-25)18-22-21-17(26(18)16-3-4-16)13-23-12-7-20-14-23/h7,12,14-16H,1-6,8-11,13H2. The molecule has 3 fully saturated rings. The molecule has 2 saturated heterocycles. The number of imidazole rings is 1. The zero-order valence-electron chi connectivity index (χ0n) is 15.7. The van der Waals surface area contributed by atoms with Crippen LogP contribution in [0.1, 0.15) is 62.1 Å². The fraction of sp³-hybridized carbons (Fsp3) is 0.684. The molecule has 0 aromatic carbocycles. The number of rotatable bonds is 4. The number of likely N-dealkylation sites (tertiary alicyclic amines) is 2. The van der Waals surface area contributed by atoms with E-state index in [0.29, 0.717) is 12.0 Å². The van der Waals surface area contributed by atoms with Crippen LogP contribution in [0, 0.1) is 0 Å². The van der Waals surface area contributed by atoms with Crippen molar-refractivity contribution >= 4 is 6.03 Å². The van der Waals surface area contributed by atoms with Gasteiger partial charge in [0.15, 0.2) is 5.82 Å². The Labute approximate surface area is 159 Å². The van der Waals surface area contributed by atoms with Crippen molar-refractivity contribution in [2.75, 3.05) is 26.2 Å². The first kappa shape index (κ1) is 16.8. The number of hydrogen-bond acceptors (Lipinski definition) is 4. The van der Waals surface area contributed by atoms with Crippen LogP contribution in [0.2, 0.25) is 0 Å². The number of carbonyl (C=O) groups is 1. The zero-order chi connectivity index (χ0) is 18.2. The predicted molar refractivity (Wildman–Crippen MR) is 99.4 cm³/mol. The molecule has 0 atom stereocenters. The summed E-state index contributed by atoms with van der Waals surface area (Å²) in [5.74, 6) is 2.55. The van der Waals surface area contributed by atoms with E-state index in [1.54, 1.807) is 6.20 Å². The number of piperidine rings is 1. The van der Waals surface area contributed by atoms with Gasteiger partial charge in [-0.25, -0.2) is 9.78 Å². The van der Waals surface area contributed by atoms with Gasteiger partial charge < -0.3 is 18.9 Å². The van der Waals surface area contributed by atoms with E-state index in [0.717, 1.165) is 70.1 Å². The van der Waals surface area contributed by atoms with Crippen molar-refractivity contribution < 1.29 is 4.79 Å². The second-order valence-corrected chi connectivity index (χ2v) is 8.05. The van der Waals surface area contributed by atoms with Crippen LogP contribution < -0.4 is 0 Å². The van der Waals surface area contributed by atoms with Gasteiger partial charge in [0.1, 0.15) is 5.82 Å². The van der Waals surface area contributed by atoms with Gasteiger partial charge in [-0.3, -0.25) is 0 Å². The van der Waals surface area contributed by atoms with Gasteiger partial charge in [0.25, 0.3) is 0 Å². The van der Waals surface area contributed by atoms with Crippen molar-refractivity contribution in [1.82, 2.24) is 34.1 Å². The summed E-state index contributed by atoms with van der Waals surface area (Å²) < 4.78 is 4.42. The monoisotopic (exact) mass is 369 g/mol. The zero-order valence-corrected chi connectivity index (χ0v) is 15.7. The fourth-order valence-corrected chi connectivity index (χ4v) is 4.44. The van der Waals surface area contributed by atoms with Crippen LogP contribution in [0.25, 0.3) is 0 Å². The smallest absolute Gasteiger partial charge is 0.319 e. The largest absolute Gasteiger partial charge is 0.330 e. The van der Waals surface area contributed by atoms with Gasteiger partial charge >= 0.3 is 6.03 Å². The molecule has 1 saturated carbocycles. The third-order valence-electron chi connectivity index (χ3n) is 6.10. The van der Waals surface area contributed by atoms with E-state index in [4.69, 9.17) is 0 Å². The van der Waals surface area contributed by atoms with E-state index in [1.807, 2.05) is 26.9 Å². The summed E-state index contributed by atoms with van der Waals surface area (Å²) in [6.45, 7) is 4.22. The molecule has 1 aliphatic carbocycles. The molecule has 0 unspecified atom stereocenters. The van der Waals surface area contributed by atoms with E-state index >= 15 is 0 Å². The molecule has 3 aliphatic rings. The molecule has 0 N–H and O–H groups in total. The minimum Gasteiger partial charge on any atom is -0.330 e. The molecule has 8 heteroatoms. The van der Waals surface area contributed by atoms with Crippen LogP contribution in [-0.2, 0) is 6.54 Å². The maximum Gasteiger partial charge on any atom is 0.319 e. The Balaban J connectivity index is 1.28. The number of hydrogen-bond donors (Lipinski definition) is 0. The normalized spacial score (nSPS) is 21.2. The third-order valence-corrected chi connectivity index (χ3v) is 6.10. The molecule has 2 amide bonds. The van der Waals surface area contributed by atoms with Gasteiger partial charge in [0, 0.05) is 50.5 Å². The third kappa shape index (κ3) is 3.33. The molecule has 4 heterocycles. The highest BCUT2D eigenvalue weighted by Crippen LogP contribution is 2.40. The first-order valence-corrected chi connectivity index (χ1v) is 10.2. The van der Waals surface area contributed by atoms with E-state index in [2.05, 4.69) is 19.7 Å². The SMILES string of the molecule is O=C(N1CCCC1)N1CCC(c2nnc(Cn3ccnc3)n2C2CC2)CC1. The Bertz CT molecular complexity index is 781. The Hall–Kier alpha value is -2.38. The van der Waals surface area contributed by atoms with Crippen LogP contribution in [0.4, 0.5) is 4.79 Å². The highest BCUT2D eigenvalue weighted by atomic mass is 16.2. The highest BCUT2D eigenvalue weighted by Gasteiger charge is 2.35. The maximum atomic E-state index is 12.6. The molecular formula is C19H27N7O. The highest BCUT2D eigenvalue weighted by molar-refractivity contribution is 5.74. The minimum atomic E-state index is 0.232. The van der Waals surface area contributed by atoms with Crippen molar-refractivity contribution in [3.8, 4) is 0 Å². The van der Waals surface area contributed by atoms with Crippen LogP contribution in [-0.4, -0.2) is 66.3 Å². The first-order valence-electron chi connectivity index (χ1n) is 10.2. The number of carbonyl (C=O) groups excluding carboxylic acids is 1. The van der Waals surface area contributed by atoms with Crippen molar-refractivity contribution in [1.29, 1.82) is 0 Å². The topological polar surface area (TPSA) is 72.1 Å². The fourth-order valence-electron chi connectivity index (χ4n) is 4.44. The maximum absolute atomic E-state index is 12.6. The Morgan fingerprint density at radius 1 is 1.00 bits per heavy atom. The molecule has 2 aliphatic heterocycles. The summed E-state index contributed by atoms with van der Waals surface area (Å²) in [5, 5.41) is 9.11. The lowest BCUT2D eigenvalue weighted by Gasteiger charge is -2.34. The summed E-state index contributed by atoms with van der Waals surface area (Å²) in [6, 6.07) is 0.785. The molecule has 2 aromatic heterocycles. The Kier molecular flexibility index (Phi) is 4.33. The molecular weight excluding hydrogens is 342 g/mol. The van der Waals surface area contributed by atoms with Gasteiger partial charge in [-0.15, -0.1) is 10.2 Å². The van der Waals surface area contributed by atoms with Crippen LogP contribution in [0.3, 0.4) is 0 Å². The summed E-state index contributed by atoms with van der Waals surface area (Å²) in [6.07, 6.45) is 12.3. The summed E-state index contributed by atoms with van der Waals surface area (Å²) in [4.78, 5) is 20.8. The van der Waals surface area contributed by atoms with Crippen molar-refractivity contribution in [3.05, 3.63) is 30.4 Å². The van der Waals surface area contributed by atoms with Gasteiger partial charge in [-0.05, 0) is 38.5 Å². The lowest BCUT2D eigenvalue weighted by Crippen LogP contribution is -2.45. The predicted octanol–water partition coefficient (Wildman–Crippen LogP) is 2.25. The average Bonchev–Trinajstić information content (AvgIpc) is 3.12. The number of nitrogens with zero attached hydrogens (tertiary/aromatic N) is 7. The summed E-state index contributed by atoms with van der Waals surface area (Å²) >= 11 is 0. The van der Waals surface area contributed by atoms with Crippen LogP contribution >= 0.6 is 0 Å². The second-order valence-electron chi connectivity index (χ2n) is 8.05. The number of amides is 2. The minimum absolute atomic E-state index is 0.232. The van der Waals surface area contributed by atoms with Crippen LogP contribution in [0.15, 0.2) is 18.7 Å². The average molecular weight is 369 g/mol. The Morgan fingerprint density at radius 2 is 1.74 bits per heavy atom. The van der Waals surface area contributed by atoms with Crippen LogP contribution in [0.5, 0.6) is 0 Å². The molecule has 0 spiro atoms. The summed E-state index contributed by atoms with van der Waals surface area (Å²) in [5.41, 5.74) is 0. The molecule has 27 heavy (non-hydrogen) atoms. The lowest BCUT2D eigenvalue weighted by molar-refractivity contribution is 0.147. The number of aromatic nitrogens is 5. The van der Waals surface area contributed by atoms with E-state index in [-0.39, 0.29) is 6.03 Å². The molecule has 2 aromatic rings. The summed E-state index contributed by atoms with van der Waals surface area (Å²) in [7, 11) is 0. The van der Waals surface area contributed by atoms with E-state index in [1.165, 1.54) is 12.8 Å². The van der Waals surface area contributed by atoms with Gasteiger partial charge in [-0.2, -0.15) is 0 Å². The quantitative estimate of drug-likeness (QED) is 0.829. The molecule has 0 radical (unpaired) electrons.